The van der Waals surface area contributed by atoms with Gasteiger partial charge in [0, 0.05) is 32.5 Å². The Hall–Kier alpha value is -6.20. The number of allylic oxidation sites excluding steroid dienone is 1. The van der Waals surface area contributed by atoms with Crippen molar-refractivity contribution in [3.05, 3.63) is 145 Å². The van der Waals surface area contributed by atoms with E-state index in [-0.39, 0.29) is 0 Å². The molecule has 218 valence electrons. The predicted molar refractivity (Wildman–Crippen MR) is 190 cm³/mol. The van der Waals surface area contributed by atoms with Crippen LogP contribution in [0.25, 0.3) is 89.5 Å². The van der Waals surface area contributed by atoms with Crippen molar-refractivity contribution < 1.29 is 4.42 Å². The average molecular weight is 593 g/mol. The maximum Gasteiger partial charge on any atom is 0.197 e. The third-order valence-corrected chi connectivity index (χ3v) is 8.98. The predicted octanol–water partition coefficient (Wildman–Crippen LogP) is 8.85. The minimum absolute atomic E-state index is 0.645. The topological polar surface area (TPSA) is 48.8 Å². The van der Waals surface area contributed by atoms with E-state index >= 15 is 0 Å². The Bertz CT molecular complexity index is 2780. The Labute approximate surface area is 264 Å². The molecule has 0 aliphatic heterocycles. The number of rotatable bonds is 4. The van der Waals surface area contributed by atoms with Crippen LogP contribution in [0.1, 0.15) is 6.92 Å². The molecule has 4 heterocycles. The molecule has 0 aliphatic rings. The van der Waals surface area contributed by atoms with Gasteiger partial charge in [-0.15, -0.1) is 0 Å². The second-order valence-corrected chi connectivity index (χ2v) is 11.5. The monoisotopic (exact) mass is 592 g/mol. The van der Waals surface area contributed by atoms with E-state index < -0.39 is 0 Å². The molecule has 0 fully saturated rings. The van der Waals surface area contributed by atoms with Gasteiger partial charge in [0.15, 0.2) is 11.4 Å². The van der Waals surface area contributed by atoms with Gasteiger partial charge in [-0.05, 0) is 66.6 Å². The van der Waals surface area contributed by atoms with Gasteiger partial charge in [0.2, 0.25) is 0 Å². The summed E-state index contributed by atoms with van der Waals surface area (Å²) in [5.41, 5.74) is 10.1. The van der Waals surface area contributed by atoms with E-state index in [9.17, 15) is 0 Å². The van der Waals surface area contributed by atoms with Gasteiger partial charge < -0.3 is 8.98 Å². The summed E-state index contributed by atoms with van der Waals surface area (Å²) >= 11 is 0. The maximum absolute atomic E-state index is 6.42. The van der Waals surface area contributed by atoms with Crippen molar-refractivity contribution in [1.29, 1.82) is 0 Å². The lowest BCUT2D eigenvalue weighted by atomic mass is 10.0. The van der Waals surface area contributed by atoms with E-state index in [1.165, 1.54) is 21.8 Å². The van der Waals surface area contributed by atoms with Crippen molar-refractivity contribution in [3.63, 3.8) is 0 Å². The molecule has 0 spiro atoms. The van der Waals surface area contributed by atoms with Crippen LogP contribution in [0.4, 0.5) is 0 Å². The number of nitrogens with zero attached hydrogens (tertiary/aromatic N) is 4. The third-order valence-electron chi connectivity index (χ3n) is 8.98. The lowest BCUT2D eigenvalue weighted by Crippen LogP contribution is -2.19. The van der Waals surface area contributed by atoms with Gasteiger partial charge in [0.1, 0.15) is 17.3 Å². The number of furan rings is 1. The number of benzene rings is 5. The highest BCUT2D eigenvalue weighted by atomic mass is 16.3. The van der Waals surface area contributed by atoms with Crippen LogP contribution < -0.4 is 10.6 Å². The molecule has 46 heavy (non-hydrogen) atoms. The Balaban J connectivity index is 1.31. The summed E-state index contributed by atoms with van der Waals surface area (Å²) in [6.45, 7) is 5.87. The van der Waals surface area contributed by atoms with Gasteiger partial charge in [-0.2, -0.15) is 0 Å². The van der Waals surface area contributed by atoms with Crippen molar-refractivity contribution in [2.24, 2.45) is 0 Å². The highest BCUT2D eigenvalue weighted by Gasteiger charge is 2.19. The summed E-state index contributed by atoms with van der Waals surface area (Å²) in [5, 5.41) is 5.70. The van der Waals surface area contributed by atoms with Crippen molar-refractivity contribution >= 4 is 66.9 Å². The Morgan fingerprint density at radius 1 is 0.630 bits per heavy atom. The highest BCUT2D eigenvalue weighted by Crippen LogP contribution is 2.38. The van der Waals surface area contributed by atoms with Crippen LogP contribution in [-0.4, -0.2) is 19.1 Å². The average Bonchev–Trinajstić information content (AvgIpc) is 3.75. The lowest BCUT2D eigenvalue weighted by Gasteiger charge is -2.09. The molecule has 0 bridgehead atoms. The number of fused-ring (bicyclic) bond motifs is 7. The Morgan fingerprint density at radius 3 is 2.07 bits per heavy atom. The first kappa shape index (κ1) is 26.2. The first-order valence-electron chi connectivity index (χ1n) is 15.4. The summed E-state index contributed by atoms with van der Waals surface area (Å²) < 4.78 is 11.0. The highest BCUT2D eigenvalue weighted by molar-refractivity contribution is 6.12. The zero-order valence-corrected chi connectivity index (χ0v) is 25.2. The molecule has 5 heteroatoms. The smallest absolute Gasteiger partial charge is 0.197 e. The minimum Gasteiger partial charge on any atom is -0.450 e. The Kier molecular flexibility index (Phi) is 5.80. The fourth-order valence-corrected chi connectivity index (χ4v) is 6.99. The normalized spacial score (nSPS) is 12.8. The summed E-state index contributed by atoms with van der Waals surface area (Å²) in [6, 6.07) is 41.2. The summed E-state index contributed by atoms with van der Waals surface area (Å²) in [4.78, 5) is 9.43. The van der Waals surface area contributed by atoms with Crippen molar-refractivity contribution in [2.75, 3.05) is 0 Å². The molecule has 4 aromatic heterocycles. The first-order valence-corrected chi connectivity index (χ1v) is 15.4. The molecular weight excluding hydrogens is 564 g/mol. The molecule has 0 unspecified atom stereocenters. The van der Waals surface area contributed by atoms with Crippen LogP contribution in [0.15, 0.2) is 139 Å². The lowest BCUT2D eigenvalue weighted by molar-refractivity contribution is 0.572. The van der Waals surface area contributed by atoms with E-state index in [0.29, 0.717) is 11.4 Å². The quantitative estimate of drug-likeness (QED) is 0.205. The van der Waals surface area contributed by atoms with Gasteiger partial charge in [-0.3, -0.25) is 4.57 Å². The van der Waals surface area contributed by atoms with Gasteiger partial charge >= 0.3 is 0 Å². The van der Waals surface area contributed by atoms with Gasteiger partial charge in [0.05, 0.1) is 22.1 Å². The number of hydrogen-bond donors (Lipinski definition) is 0. The number of aromatic nitrogens is 4. The van der Waals surface area contributed by atoms with Gasteiger partial charge in [-0.25, -0.2) is 9.97 Å². The summed E-state index contributed by atoms with van der Waals surface area (Å²) in [5.74, 6) is 0.710. The second kappa shape index (κ2) is 10.2. The molecular formula is C41H28N4O. The summed E-state index contributed by atoms with van der Waals surface area (Å²) in [7, 11) is 0. The van der Waals surface area contributed by atoms with Crippen molar-refractivity contribution in [2.45, 2.75) is 6.92 Å². The zero-order valence-electron chi connectivity index (χ0n) is 25.2. The number of para-hydroxylation sites is 3. The Morgan fingerprint density at radius 2 is 1.28 bits per heavy atom. The van der Waals surface area contributed by atoms with Crippen LogP contribution in [0, 0.1) is 0 Å². The van der Waals surface area contributed by atoms with Gasteiger partial charge in [0.25, 0.3) is 0 Å². The minimum atomic E-state index is 0.645. The van der Waals surface area contributed by atoms with Crippen molar-refractivity contribution in [3.8, 4) is 22.6 Å². The van der Waals surface area contributed by atoms with E-state index in [2.05, 4.69) is 136 Å². The molecule has 5 nitrogen and oxygen atoms in total. The second-order valence-electron chi connectivity index (χ2n) is 11.5. The van der Waals surface area contributed by atoms with Crippen LogP contribution >= 0.6 is 0 Å². The van der Waals surface area contributed by atoms with E-state index in [1.54, 1.807) is 12.4 Å². The van der Waals surface area contributed by atoms with E-state index in [4.69, 9.17) is 9.40 Å². The van der Waals surface area contributed by atoms with Crippen LogP contribution in [0.2, 0.25) is 0 Å². The molecule has 9 aromatic rings. The van der Waals surface area contributed by atoms with Crippen molar-refractivity contribution in [1.82, 2.24) is 19.1 Å². The number of hydrogen-bond acceptors (Lipinski definition) is 3. The molecule has 0 atom stereocenters. The third kappa shape index (κ3) is 3.75. The van der Waals surface area contributed by atoms with E-state index in [0.717, 1.165) is 54.8 Å². The summed E-state index contributed by atoms with van der Waals surface area (Å²) in [6.07, 6.45) is 7.25. The molecule has 0 amide bonds. The maximum atomic E-state index is 6.42. The molecule has 0 aliphatic carbocycles. The first-order chi connectivity index (χ1) is 22.7. The molecule has 0 N–H and O–H groups in total. The van der Waals surface area contributed by atoms with Gasteiger partial charge in [-0.1, -0.05) is 91.5 Å². The molecule has 0 radical (unpaired) electrons. The van der Waals surface area contributed by atoms with Crippen LogP contribution in [-0.2, 0) is 0 Å². The molecule has 0 saturated carbocycles. The van der Waals surface area contributed by atoms with E-state index in [1.807, 2.05) is 19.1 Å². The SMILES string of the molecule is C=C/C=c1/oc2c(-n3c4ccccc4c4ccc(-c5ccc6c(c5)c5ccccc5n6-c5ccccc5)cc43)ncnc2/c1=C/C. The molecule has 5 aromatic carbocycles. The van der Waals surface area contributed by atoms with Crippen LogP contribution in [0.3, 0.4) is 0 Å². The largest absolute Gasteiger partial charge is 0.450 e. The fourth-order valence-electron chi connectivity index (χ4n) is 6.99. The zero-order chi connectivity index (χ0) is 30.8. The fraction of sp³-hybridized carbons (Fsp3) is 0.0244. The van der Waals surface area contributed by atoms with Crippen LogP contribution in [0.5, 0.6) is 0 Å². The standard InChI is InChI=1S/C41H28N4O/c1-3-12-38-29(4-2)39-40(46-38)41(43-25-42-39)45-35-18-11-8-15-30(35)32-21-19-27(24-37(32)45)26-20-22-36-33(23-26)31-16-9-10-17-34(31)44(36)28-13-6-5-7-14-28/h3-25H,1H2,2H3/b29-4+,38-12+. The molecule has 0 saturated heterocycles. The molecule has 9 rings (SSSR count).